The van der Waals surface area contributed by atoms with Crippen LogP contribution in [0.4, 0.5) is 0 Å². The largest absolute Gasteiger partial charge is 0.423 e. The Bertz CT molecular complexity index is 1010. The molecule has 0 amide bonds. The number of imidazole rings is 1. The first-order chi connectivity index (χ1) is 10.7. The van der Waals surface area contributed by atoms with Crippen molar-refractivity contribution in [1.82, 2.24) is 18.3 Å². The summed E-state index contributed by atoms with van der Waals surface area (Å²) in [5, 5.41) is 0. The second-order valence-corrected chi connectivity index (χ2v) is 5.39. The molecular weight excluding hydrogens is 300 g/mol. The molecule has 108 valence electrons. The van der Waals surface area contributed by atoms with E-state index in [9.17, 15) is 4.79 Å². The molecule has 0 unspecified atom stereocenters. The molecule has 2 heterocycles. The van der Waals surface area contributed by atoms with Gasteiger partial charge in [-0.1, -0.05) is 0 Å². The standard InChI is InChI=1S/C15H10N4O2S/c1-19-8-16-13-7-10(3-5-14(13)19)21-15(20)9-2-4-11-12(6-9)18-22-17-11/h2-8H,1H3. The van der Waals surface area contributed by atoms with Crippen molar-refractivity contribution in [1.29, 1.82) is 0 Å². The zero-order chi connectivity index (χ0) is 15.1. The Morgan fingerprint density at radius 3 is 2.86 bits per heavy atom. The SMILES string of the molecule is Cn1cnc2cc(OC(=O)c3ccc4nsnc4c3)ccc21. The van der Waals surface area contributed by atoms with Gasteiger partial charge in [-0.2, -0.15) is 8.75 Å². The fraction of sp³-hybridized carbons (Fsp3) is 0.0667. The molecule has 22 heavy (non-hydrogen) atoms. The number of benzene rings is 2. The van der Waals surface area contributed by atoms with E-state index in [1.165, 1.54) is 0 Å². The lowest BCUT2D eigenvalue weighted by atomic mass is 10.2. The second-order valence-electron chi connectivity index (χ2n) is 4.86. The molecule has 6 nitrogen and oxygen atoms in total. The number of rotatable bonds is 2. The van der Waals surface area contributed by atoms with Crippen molar-refractivity contribution in [3.8, 4) is 5.75 Å². The number of nitrogens with zero attached hydrogens (tertiary/aromatic N) is 4. The van der Waals surface area contributed by atoms with E-state index in [0.717, 1.165) is 28.3 Å². The van der Waals surface area contributed by atoms with Gasteiger partial charge in [0.2, 0.25) is 0 Å². The first-order valence-electron chi connectivity index (χ1n) is 6.56. The van der Waals surface area contributed by atoms with Crippen LogP contribution >= 0.6 is 11.7 Å². The molecule has 0 spiro atoms. The lowest BCUT2D eigenvalue weighted by molar-refractivity contribution is 0.0735. The van der Waals surface area contributed by atoms with Gasteiger partial charge in [-0.25, -0.2) is 9.78 Å². The fourth-order valence-electron chi connectivity index (χ4n) is 2.25. The monoisotopic (exact) mass is 310 g/mol. The summed E-state index contributed by atoms with van der Waals surface area (Å²) in [7, 11) is 1.91. The van der Waals surface area contributed by atoms with Crippen molar-refractivity contribution in [2.75, 3.05) is 0 Å². The summed E-state index contributed by atoms with van der Waals surface area (Å²) in [5.41, 5.74) is 3.68. The second kappa shape index (κ2) is 4.88. The summed E-state index contributed by atoms with van der Waals surface area (Å²) in [5.74, 6) is 0.0397. The summed E-state index contributed by atoms with van der Waals surface area (Å²) < 4.78 is 15.5. The van der Waals surface area contributed by atoms with Crippen molar-refractivity contribution >= 4 is 39.8 Å². The fourth-order valence-corrected chi connectivity index (χ4v) is 2.77. The average molecular weight is 310 g/mol. The minimum atomic E-state index is -0.426. The molecule has 0 saturated heterocycles. The summed E-state index contributed by atoms with van der Waals surface area (Å²) in [6.07, 6.45) is 1.72. The summed E-state index contributed by atoms with van der Waals surface area (Å²) in [4.78, 5) is 16.5. The van der Waals surface area contributed by atoms with Gasteiger partial charge >= 0.3 is 5.97 Å². The van der Waals surface area contributed by atoms with E-state index in [-0.39, 0.29) is 0 Å². The first-order valence-corrected chi connectivity index (χ1v) is 7.29. The molecule has 0 atom stereocenters. The van der Waals surface area contributed by atoms with E-state index in [4.69, 9.17) is 4.74 Å². The third kappa shape index (κ3) is 2.11. The number of carbonyl (C=O) groups excluding carboxylic acids is 1. The van der Waals surface area contributed by atoms with Crippen molar-refractivity contribution in [2.45, 2.75) is 0 Å². The molecule has 0 fully saturated rings. The molecule has 4 aromatic rings. The van der Waals surface area contributed by atoms with Crippen LogP contribution in [0.5, 0.6) is 5.75 Å². The molecule has 7 heteroatoms. The molecule has 0 aliphatic rings. The van der Waals surface area contributed by atoms with E-state index in [2.05, 4.69) is 13.7 Å². The number of ether oxygens (including phenoxy) is 1. The Balaban J connectivity index is 1.64. The van der Waals surface area contributed by atoms with Crippen LogP contribution < -0.4 is 4.74 Å². The summed E-state index contributed by atoms with van der Waals surface area (Å²) >= 11 is 1.12. The Morgan fingerprint density at radius 2 is 1.95 bits per heavy atom. The molecule has 4 rings (SSSR count). The highest BCUT2D eigenvalue weighted by molar-refractivity contribution is 7.00. The van der Waals surface area contributed by atoms with Gasteiger partial charge in [-0.15, -0.1) is 0 Å². The highest BCUT2D eigenvalue weighted by Crippen LogP contribution is 2.21. The van der Waals surface area contributed by atoms with Gasteiger partial charge in [0, 0.05) is 13.1 Å². The van der Waals surface area contributed by atoms with E-state index in [1.54, 1.807) is 36.7 Å². The Hall–Kier alpha value is -2.80. The third-order valence-corrected chi connectivity index (χ3v) is 3.95. The number of aryl methyl sites for hydroxylation is 1. The molecule has 0 bridgehead atoms. The molecular formula is C15H10N4O2S. The smallest absolute Gasteiger partial charge is 0.343 e. The lowest BCUT2D eigenvalue weighted by Crippen LogP contribution is -2.08. The van der Waals surface area contributed by atoms with E-state index < -0.39 is 5.97 Å². The molecule has 0 aliphatic carbocycles. The zero-order valence-electron chi connectivity index (χ0n) is 11.6. The maximum atomic E-state index is 12.2. The third-order valence-electron chi connectivity index (χ3n) is 3.40. The molecule has 0 aliphatic heterocycles. The quantitative estimate of drug-likeness (QED) is 0.420. The normalized spacial score (nSPS) is 11.1. The summed E-state index contributed by atoms with van der Waals surface area (Å²) in [6.45, 7) is 0. The highest BCUT2D eigenvalue weighted by Gasteiger charge is 2.11. The van der Waals surface area contributed by atoms with Gasteiger partial charge in [-0.05, 0) is 30.3 Å². The van der Waals surface area contributed by atoms with E-state index >= 15 is 0 Å². The van der Waals surface area contributed by atoms with Crippen LogP contribution in [-0.4, -0.2) is 24.3 Å². The molecule has 0 radical (unpaired) electrons. The Labute approximate surface area is 129 Å². The molecule has 2 aromatic carbocycles. The van der Waals surface area contributed by atoms with Gasteiger partial charge in [-0.3, -0.25) is 0 Å². The lowest BCUT2D eigenvalue weighted by Gasteiger charge is -2.04. The predicted octanol–water partition coefficient (Wildman–Crippen LogP) is 2.80. The Kier molecular flexibility index (Phi) is 2.87. The van der Waals surface area contributed by atoms with Crippen LogP contribution in [0.2, 0.25) is 0 Å². The highest BCUT2D eigenvalue weighted by atomic mass is 32.1. The number of esters is 1. The number of hydrogen-bond donors (Lipinski definition) is 0. The maximum absolute atomic E-state index is 12.2. The zero-order valence-corrected chi connectivity index (χ0v) is 12.4. The van der Waals surface area contributed by atoms with E-state index in [0.29, 0.717) is 16.8 Å². The minimum Gasteiger partial charge on any atom is -0.423 e. The van der Waals surface area contributed by atoms with Crippen molar-refractivity contribution in [3.05, 3.63) is 48.3 Å². The van der Waals surface area contributed by atoms with Crippen molar-refractivity contribution in [3.63, 3.8) is 0 Å². The van der Waals surface area contributed by atoms with Gasteiger partial charge < -0.3 is 9.30 Å². The topological polar surface area (TPSA) is 69.9 Å². The number of fused-ring (bicyclic) bond motifs is 2. The van der Waals surface area contributed by atoms with Gasteiger partial charge in [0.1, 0.15) is 16.8 Å². The number of carbonyl (C=O) groups is 1. The van der Waals surface area contributed by atoms with Gasteiger partial charge in [0.05, 0.1) is 34.7 Å². The molecule has 2 aromatic heterocycles. The Morgan fingerprint density at radius 1 is 1.09 bits per heavy atom. The number of aromatic nitrogens is 4. The predicted molar refractivity (Wildman–Crippen MR) is 83.1 cm³/mol. The van der Waals surface area contributed by atoms with Gasteiger partial charge in [0.15, 0.2) is 0 Å². The van der Waals surface area contributed by atoms with Crippen LogP contribution in [0.25, 0.3) is 22.1 Å². The van der Waals surface area contributed by atoms with Crippen molar-refractivity contribution in [2.24, 2.45) is 7.05 Å². The minimum absolute atomic E-state index is 0.426. The molecule has 0 saturated carbocycles. The van der Waals surface area contributed by atoms with Gasteiger partial charge in [0.25, 0.3) is 0 Å². The number of hydrogen-bond acceptors (Lipinski definition) is 6. The van der Waals surface area contributed by atoms with E-state index in [1.807, 2.05) is 17.7 Å². The maximum Gasteiger partial charge on any atom is 0.343 e. The summed E-state index contributed by atoms with van der Waals surface area (Å²) in [6, 6.07) is 10.5. The van der Waals surface area contributed by atoms with Crippen LogP contribution in [-0.2, 0) is 7.05 Å². The first kappa shape index (κ1) is 12.9. The average Bonchev–Trinajstić information content (AvgIpc) is 3.13. The van der Waals surface area contributed by atoms with Crippen LogP contribution in [0.3, 0.4) is 0 Å². The van der Waals surface area contributed by atoms with Crippen LogP contribution in [0.1, 0.15) is 10.4 Å². The molecule has 0 N–H and O–H groups in total. The van der Waals surface area contributed by atoms with Crippen LogP contribution in [0, 0.1) is 0 Å². The van der Waals surface area contributed by atoms with Crippen LogP contribution in [0.15, 0.2) is 42.7 Å². The van der Waals surface area contributed by atoms with Crippen molar-refractivity contribution < 1.29 is 9.53 Å².